The molecule has 6 heteroatoms. The first-order valence-electron chi connectivity index (χ1n) is 6.61. The lowest BCUT2D eigenvalue weighted by Gasteiger charge is -2.15. The fourth-order valence-electron chi connectivity index (χ4n) is 2.07. The lowest BCUT2D eigenvalue weighted by atomic mass is 10.1. The Kier molecular flexibility index (Phi) is 4.54. The van der Waals surface area contributed by atoms with Gasteiger partial charge >= 0.3 is 0 Å². The fourth-order valence-corrected chi connectivity index (χ4v) is 3.10. The third-order valence-electron chi connectivity index (χ3n) is 2.98. The van der Waals surface area contributed by atoms with E-state index in [0.717, 1.165) is 0 Å². The molecule has 0 spiro atoms. The van der Waals surface area contributed by atoms with Gasteiger partial charge in [0.1, 0.15) is 0 Å². The predicted molar refractivity (Wildman–Crippen MR) is 82.0 cm³/mol. The van der Waals surface area contributed by atoms with Gasteiger partial charge in [-0.15, -0.1) is 11.3 Å². The molecule has 2 aromatic heterocycles. The van der Waals surface area contributed by atoms with Crippen molar-refractivity contribution in [2.45, 2.75) is 33.7 Å². The summed E-state index contributed by atoms with van der Waals surface area (Å²) < 4.78 is 13.8. The van der Waals surface area contributed by atoms with Crippen molar-refractivity contribution in [2.24, 2.45) is 0 Å². The zero-order chi connectivity index (χ0) is 14.7. The van der Waals surface area contributed by atoms with Crippen molar-refractivity contribution >= 4 is 23.1 Å². The maximum Gasteiger partial charge on any atom is 0.224 e. The quantitative estimate of drug-likeness (QED) is 0.878. The van der Waals surface area contributed by atoms with Gasteiger partial charge in [0.25, 0.3) is 0 Å². The van der Waals surface area contributed by atoms with E-state index >= 15 is 0 Å². The molecule has 1 unspecified atom stereocenters. The predicted octanol–water partition coefficient (Wildman–Crippen LogP) is 3.90. The van der Waals surface area contributed by atoms with Gasteiger partial charge in [-0.1, -0.05) is 0 Å². The number of hydrogen-bond donors (Lipinski definition) is 2. The van der Waals surface area contributed by atoms with E-state index in [1.165, 1.54) is 21.5 Å². The molecule has 0 aliphatic heterocycles. The van der Waals surface area contributed by atoms with E-state index in [1.54, 1.807) is 11.3 Å². The first kappa shape index (κ1) is 14.7. The molecule has 0 aliphatic carbocycles. The van der Waals surface area contributed by atoms with E-state index in [-0.39, 0.29) is 11.9 Å². The Hall–Kier alpha value is -1.69. The molecule has 4 nitrogen and oxygen atoms in total. The van der Waals surface area contributed by atoms with E-state index in [2.05, 4.69) is 40.5 Å². The number of halogens is 1. The minimum absolute atomic E-state index is 0.00109. The van der Waals surface area contributed by atoms with E-state index in [1.807, 2.05) is 13.8 Å². The number of nitrogens with zero attached hydrogens (tertiary/aromatic N) is 2. The molecule has 0 aromatic carbocycles. The van der Waals surface area contributed by atoms with Crippen LogP contribution in [0.15, 0.2) is 12.3 Å². The van der Waals surface area contributed by atoms with Crippen LogP contribution in [-0.2, 0) is 0 Å². The van der Waals surface area contributed by atoms with Gasteiger partial charge in [0.2, 0.25) is 5.95 Å². The summed E-state index contributed by atoms with van der Waals surface area (Å²) in [6, 6.07) is 2.13. The highest BCUT2D eigenvalue weighted by atomic mass is 32.1. The number of aromatic nitrogens is 2. The van der Waals surface area contributed by atoms with Gasteiger partial charge in [-0.05, 0) is 39.3 Å². The minimum atomic E-state index is -0.442. The summed E-state index contributed by atoms with van der Waals surface area (Å²) in [6.45, 7) is 8.79. The average molecular weight is 294 g/mol. The van der Waals surface area contributed by atoms with Crippen LogP contribution in [0.5, 0.6) is 0 Å². The third-order valence-corrected chi connectivity index (χ3v) is 3.96. The molecule has 0 radical (unpaired) electrons. The SMILES string of the molecule is CCNc1ncc(F)c(NC(C)c2cc(C)sc2C)n1. The Labute approximate surface area is 122 Å². The van der Waals surface area contributed by atoms with Crippen molar-refractivity contribution in [1.29, 1.82) is 0 Å². The zero-order valence-electron chi connectivity index (χ0n) is 12.1. The highest BCUT2D eigenvalue weighted by Gasteiger charge is 2.14. The standard InChI is InChI=1S/C14H19FN4S/c1-5-16-14-17-7-12(15)13(19-14)18-9(3)11-6-8(2)20-10(11)4/h6-7,9H,5H2,1-4H3,(H2,16,17,18,19). The lowest BCUT2D eigenvalue weighted by Crippen LogP contribution is -2.12. The minimum Gasteiger partial charge on any atom is -0.361 e. The Morgan fingerprint density at radius 1 is 1.40 bits per heavy atom. The van der Waals surface area contributed by atoms with Gasteiger partial charge in [0.05, 0.1) is 12.2 Å². The molecule has 1 atom stereocenters. The number of nitrogens with one attached hydrogen (secondary N) is 2. The molecule has 2 heterocycles. The van der Waals surface area contributed by atoms with Crippen molar-refractivity contribution in [2.75, 3.05) is 17.2 Å². The van der Waals surface area contributed by atoms with E-state index in [9.17, 15) is 4.39 Å². The smallest absolute Gasteiger partial charge is 0.224 e. The molecular formula is C14H19FN4S. The molecule has 20 heavy (non-hydrogen) atoms. The normalized spacial score (nSPS) is 12.2. The molecular weight excluding hydrogens is 275 g/mol. The Balaban J connectivity index is 2.20. The van der Waals surface area contributed by atoms with Gasteiger partial charge in [-0.25, -0.2) is 9.37 Å². The van der Waals surface area contributed by atoms with Crippen LogP contribution < -0.4 is 10.6 Å². The van der Waals surface area contributed by atoms with Gasteiger partial charge in [0, 0.05) is 16.3 Å². The monoisotopic (exact) mass is 294 g/mol. The summed E-state index contributed by atoms with van der Waals surface area (Å²) in [6.07, 6.45) is 1.19. The van der Waals surface area contributed by atoms with Gasteiger partial charge in [-0.3, -0.25) is 0 Å². The molecule has 0 saturated carbocycles. The summed E-state index contributed by atoms with van der Waals surface area (Å²) in [5.41, 5.74) is 1.18. The number of rotatable bonds is 5. The number of thiophene rings is 1. The van der Waals surface area contributed by atoms with Gasteiger partial charge in [0.15, 0.2) is 11.6 Å². The van der Waals surface area contributed by atoms with Crippen LogP contribution in [-0.4, -0.2) is 16.5 Å². The number of aryl methyl sites for hydroxylation is 2. The fraction of sp³-hybridized carbons (Fsp3) is 0.429. The second-order valence-electron chi connectivity index (χ2n) is 4.66. The molecule has 0 amide bonds. The van der Waals surface area contributed by atoms with Crippen LogP contribution in [0.2, 0.25) is 0 Å². The Bertz CT molecular complexity index is 597. The molecule has 0 fully saturated rings. The largest absolute Gasteiger partial charge is 0.361 e. The maximum atomic E-state index is 13.8. The van der Waals surface area contributed by atoms with Crippen molar-refractivity contribution < 1.29 is 4.39 Å². The van der Waals surface area contributed by atoms with Crippen molar-refractivity contribution in [3.8, 4) is 0 Å². The highest BCUT2D eigenvalue weighted by Crippen LogP contribution is 2.28. The molecule has 2 rings (SSSR count). The Morgan fingerprint density at radius 3 is 2.75 bits per heavy atom. The number of hydrogen-bond acceptors (Lipinski definition) is 5. The number of anilines is 2. The second kappa shape index (κ2) is 6.17. The van der Waals surface area contributed by atoms with Crippen molar-refractivity contribution in [1.82, 2.24) is 9.97 Å². The molecule has 2 N–H and O–H groups in total. The van der Waals surface area contributed by atoms with Crippen LogP contribution in [0.25, 0.3) is 0 Å². The van der Waals surface area contributed by atoms with Crippen molar-refractivity contribution in [3.63, 3.8) is 0 Å². The van der Waals surface area contributed by atoms with E-state index in [0.29, 0.717) is 12.5 Å². The van der Waals surface area contributed by atoms with E-state index in [4.69, 9.17) is 0 Å². The van der Waals surface area contributed by atoms with Crippen LogP contribution in [0.1, 0.15) is 35.2 Å². The molecule has 108 valence electrons. The third kappa shape index (κ3) is 3.25. The average Bonchev–Trinajstić information content (AvgIpc) is 2.73. The first-order chi connectivity index (χ1) is 9.51. The zero-order valence-corrected chi connectivity index (χ0v) is 12.9. The van der Waals surface area contributed by atoms with E-state index < -0.39 is 5.82 Å². The lowest BCUT2D eigenvalue weighted by molar-refractivity contribution is 0.614. The van der Waals surface area contributed by atoms with Gasteiger partial charge in [-0.2, -0.15) is 4.98 Å². The Morgan fingerprint density at radius 2 is 2.15 bits per heavy atom. The molecule has 0 bridgehead atoms. The summed E-state index contributed by atoms with van der Waals surface area (Å²) in [5.74, 6) is 0.219. The maximum absolute atomic E-state index is 13.8. The summed E-state index contributed by atoms with van der Waals surface area (Å²) in [7, 11) is 0. The van der Waals surface area contributed by atoms with Gasteiger partial charge < -0.3 is 10.6 Å². The van der Waals surface area contributed by atoms with Crippen LogP contribution in [0.4, 0.5) is 16.2 Å². The molecule has 0 saturated heterocycles. The summed E-state index contributed by atoms with van der Waals surface area (Å²) in [5, 5.41) is 6.10. The molecule has 2 aromatic rings. The second-order valence-corrected chi connectivity index (χ2v) is 6.12. The van der Waals surface area contributed by atoms with Crippen LogP contribution in [0.3, 0.4) is 0 Å². The van der Waals surface area contributed by atoms with Crippen LogP contribution >= 0.6 is 11.3 Å². The molecule has 0 aliphatic rings. The van der Waals surface area contributed by atoms with Crippen LogP contribution in [0, 0.1) is 19.7 Å². The topological polar surface area (TPSA) is 49.8 Å². The van der Waals surface area contributed by atoms with Crippen molar-refractivity contribution in [3.05, 3.63) is 33.4 Å². The summed E-state index contributed by atoms with van der Waals surface area (Å²) >= 11 is 1.74. The summed E-state index contributed by atoms with van der Waals surface area (Å²) in [4.78, 5) is 10.5. The first-order valence-corrected chi connectivity index (χ1v) is 7.42. The highest BCUT2D eigenvalue weighted by molar-refractivity contribution is 7.12.